The third-order valence-corrected chi connectivity index (χ3v) is 5.74. The molecule has 2 aliphatic heterocycles. The molecule has 1 unspecified atom stereocenters. The molecule has 2 saturated heterocycles. The van der Waals surface area contributed by atoms with Gasteiger partial charge in [-0.3, -0.25) is 9.59 Å². The Labute approximate surface area is 159 Å². The van der Waals surface area contributed by atoms with Crippen LogP contribution < -0.4 is 10.5 Å². The van der Waals surface area contributed by atoms with Crippen LogP contribution in [0.1, 0.15) is 18.9 Å². The van der Waals surface area contributed by atoms with Gasteiger partial charge in [-0.2, -0.15) is 0 Å². The van der Waals surface area contributed by atoms with Gasteiger partial charge in [-0.25, -0.2) is 13.6 Å². The van der Waals surface area contributed by atoms with Crippen molar-refractivity contribution in [1.29, 1.82) is 0 Å². The second-order valence-corrected chi connectivity index (χ2v) is 8.96. The Morgan fingerprint density at radius 3 is 2.37 bits per heavy atom. The van der Waals surface area contributed by atoms with Crippen LogP contribution in [0, 0.1) is 11.3 Å². The summed E-state index contributed by atoms with van der Waals surface area (Å²) in [5.74, 6) is -0.784. The van der Waals surface area contributed by atoms with Gasteiger partial charge in [0.1, 0.15) is 0 Å². The van der Waals surface area contributed by atoms with E-state index in [1.807, 2.05) is 35.2 Å². The van der Waals surface area contributed by atoms with Gasteiger partial charge in [0.15, 0.2) is 0 Å². The lowest BCUT2D eigenvalue weighted by Crippen LogP contribution is -2.63. The molecule has 3 rings (SSSR count). The Hall–Kier alpha value is -1.97. The first-order valence-corrected chi connectivity index (χ1v) is 10.6. The van der Waals surface area contributed by atoms with Crippen molar-refractivity contribution in [2.75, 3.05) is 31.9 Å². The summed E-state index contributed by atoms with van der Waals surface area (Å²) in [5, 5.41) is 15.8. The molecule has 0 bridgehead atoms. The number of nitrogens with one attached hydrogen (secondary N) is 1. The van der Waals surface area contributed by atoms with Crippen molar-refractivity contribution in [2.45, 2.75) is 19.8 Å². The van der Waals surface area contributed by atoms with E-state index in [2.05, 4.69) is 5.32 Å². The number of hydrogen-bond donors (Lipinski definition) is 3. The summed E-state index contributed by atoms with van der Waals surface area (Å²) in [6, 6.07) is 10.0. The molecule has 8 nitrogen and oxygen atoms in total. The van der Waals surface area contributed by atoms with E-state index < -0.39 is 21.4 Å². The number of carbonyl (C=O) groups excluding carboxylic acids is 1. The van der Waals surface area contributed by atoms with Crippen molar-refractivity contribution >= 4 is 21.9 Å². The van der Waals surface area contributed by atoms with Crippen LogP contribution in [0.15, 0.2) is 30.3 Å². The topological polar surface area (TPSA) is 130 Å². The number of carboxylic acids is 1. The van der Waals surface area contributed by atoms with Gasteiger partial charge in [0.05, 0.1) is 11.2 Å². The predicted octanol–water partition coefficient (Wildman–Crippen LogP) is 0.0466. The van der Waals surface area contributed by atoms with Crippen molar-refractivity contribution in [3.8, 4) is 0 Å². The summed E-state index contributed by atoms with van der Waals surface area (Å²) in [7, 11) is -3.48. The maximum Gasteiger partial charge on any atom is 0.300 e. The number of nitrogens with two attached hydrogens (primary N) is 1. The largest absolute Gasteiger partial charge is 0.481 e. The van der Waals surface area contributed by atoms with E-state index in [1.54, 1.807) is 0 Å². The van der Waals surface area contributed by atoms with Gasteiger partial charge in [0.2, 0.25) is 15.9 Å². The molecule has 1 amide bonds. The van der Waals surface area contributed by atoms with Gasteiger partial charge in [-0.05, 0) is 24.3 Å². The third-order valence-electron chi connectivity index (χ3n) is 4.81. The highest BCUT2D eigenvalue weighted by atomic mass is 32.2. The normalized spacial score (nSPS) is 21.0. The number of rotatable bonds is 5. The highest BCUT2D eigenvalue weighted by Gasteiger charge is 2.47. The molecule has 9 heteroatoms. The second kappa shape index (κ2) is 8.81. The van der Waals surface area contributed by atoms with Crippen LogP contribution in [0.25, 0.3) is 0 Å². The monoisotopic (exact) mass is 397 g/mol. The van der Waals surface area contributed by atoms with Crippen molar-refractivity contribution in [3.63, 3.8) is 0 Å². The first kappa shape index (κ1) is 21.3. The van der Waals surface area contributed by atoms with Crippen molar-refractivity contribution < 1.29 is 23.1 Å². The molecule has 0 saturated carbocycles. The Morgan fingerprint density at radius 1 is 1.30 bits per heavy atom. The molecule has 1 aromatic rings. The first-order chi connectivity index (χ1) is 12.6. The summed E-state index contributed by atoms with van der Waals surface area (Å²) >= 11 is 0. The van der Waals surface area contributed by atoms with E-state index in [9.17, 15) is 13.2 Å². The van der Waals surface area contributed by atoms with E-state index in [4.69, 9.17) is 15.0 Å². The van der Waals surface area contributed by atoms with Gasteiger partial charge in [-0.1, -0.05) is 30.3 Å². The van der Waals surface area contributed by atoms with E-state index in [-0.39, 0.29) is 17.6 Å². The number of likely N-dealkylation sites (tertiary alicyclic amines) is 1. The minimum atomic E-state index is -3.48. The number of amides is 1. The fourth-order valence-electron chi connectivity index (χ4n) is 3.58. The number of carboxylic acid groups (broad SMARTS) is 1. The number of benzene rings is 1. The van der Waals surface area contributed by atoms with Gasteiger partial charge in [0, 0.05) is 33.1 Å². The standard InChI is InChI=1S/C16H23N3O3S.C2H4O2/c17-23(21,22)10-14-6-7-19(9-14)15(20)16(11-18-12-16)8-13-4-2-1-3-5-13;1-2(3)4/h1-5,14,18H,6-12H2,(H2,17,21,22);1H3,(H,3,4). The average molecular weight is 397 g/mol. The average Bonchev–Trinajstić information content (AvgIpc) is 2.97. The molecule has 4 N–H and O–H groups in total. The molecule has 150 valence electrons. The fourth-order valence-corrected chi connectivity index (χ4v) is 4.51. The summed E-state index contributed by atoms with van der Waals surface area (Å²) < 4.78 is 22.5. The van der Waals surface area contributed by atoms with Crippen LogP contribution in [0.5, 0.6) is 0 Å². The van der Waals surface area contributed by atoms with Crippen LogP contribution >= 0.6 is 0 Å². The molecule has 0 aliphatic carbocycles. The lowest BCUT2D eigenvalue weighted by Gasteiger charge is -2.43. The number of aliphatic carboxylic acids is 1. The Morgan fingerprint density at radius 2 is 1.89 bits per heavy atom. The molecule has 1 aromatic carbocycles. The molecule has 1 atom stereocenters. The number of carbonyl (C=O) groups is 2. The fraction of sp³-hybridized carbons (Fsp3) is 0.556. The Kier molecular flexibility index (Phi) is 6.96. The van der Waals surface area contributed by atoms with Crippen molar-refractivity contribution in [2.24, 2.45) is 16.5 Å². The molecule has 0 radical (unpaired) electrons. The van der Waals surface area contributed by atoms with Crippen molar-refractivity contribution in [3.05, 3.63) is 35.9 Å². The van der Waals surface area contributed by atoms with Crippen molar-refractivity contribution in [1.82, 2.24) is 10.2 Å². The zero-order valence-corrected chi connectivity index (χ0v) is 16.2. The summed E-state index contributed by atoms with van der Waals surface area (Å²) in [4.78, 5) is 23.8. The van der Waals surface area contributed by atoms with E-state index in [1.165, 1.54) is 0 Å². The zero-order chi connectivity index (χ0) is 20.1. The molecular weight excluding hydrogens is 370 g/mol. The molecule has 0 spiro atoms. The SMILES string of the molecule is CC(=O)O.NS(=O)(=O)CC1CCN(C(=O)C2(Cc3ccccc3)CNC2)C1. The lowest BCUT2D eigenvalue weighted by molar-refractivity contribution is -0.144. The Balaban J connectivity index is 0.000000596. The van der Waals surface area contributed by atoms with Crippen LogP contribution in [0.3, 0.4) is 0 Å². The zero-order valence-electron chi connectivity index (χ0n) is 15.4. The number of sulfonamides is 1. The molecule has 2 aliphatic rings. The molecular formula is C18H27N3O5S. The van der Waals surface area contributed by atoms with Gasteiger partial charge >= 0.3 is 0 Å². The van der Waals surface area contributed by atoms with Crippen LogP contribution in [0.4, 0.5) is 0 Å². The number of nitrogens with zero attached hydrogens (tertiary/aromatic N) is 1. The quantitative estimate of drug-likeness (QED) is 0.643. The van der Waals surface area contributed by atoms with Gasteiger partial charge < -0.3 is 15.3 Å². The van der Waals surface area contributed by atoms with E-state index in [0.29, 0.717) is 32.6 Å². The van der Waals surface area contributed by atoms with Gasteiger partial charge in [0.25, 0.3) is 5.97 Å². The smallest absolute Gasteiger partial charge is 0.300 e. The predicted molar refractivity (Wildman–Crippen MR) is 101 cm³/mol. The van der Waals surface area contributed by atoms with Crippen LogP contribution in [0.2, 0.25) is 0 Å². The van der Waals surface area contributed by atoms with Crippen LogP contribution in [-0.2, 0) is 26.0 Å². The number of primary sulfonamides is 1. The molecule has 2 fully saturated rings. The highest BCUT2D eigenvalue weighted by Crippen LogP contribution is 2.32. The van der Waals surface area contributed by atoms with Gasteiger partial charge in [-0.15, -0.1) is 0 Å². The van der Waals surface area contributed by atoms with Crippen LogP contribution in [-0.4, -0.2) is 62.2 Å². The Bertz CT molecular complexity index is 758. The minimum Gasteiger partial charge on any atom is -0.481 e. The second-order valence-electron chi connectivity index (χ2n) is 7.30. The molecule has 0 aromatic heterocycles. The third kappa shape index (κ3) is 6.30. The highest BCUT2D eigenvalue weighted by molar-refractivity contribution is 7.89. The summed E-state index contributed by atoms with van der Waals surface area (Å²) in [6.45, 7) is 3.55. The number of hydrogen-bond acceptors (Lipinski definition) is 5. The maximum absolute atomic E-state index is 13.0. The first-order valence-electron chi connectivity index (χ1n) is 8.85. The summed E-state index contributed by atoms with van der Waals surface area (Å²) in [5.41, 5.74) is 0.764. The molecule has 27 heavy (non-hydrogen) atoms. The van der Waals surface area contributed by atoms with E-state index in [0.717, 1.165) is 18.9 Å². The molecule has 2 heterocycles. The lowest BCUT2D eigenvalue weighted by atomic mass is 9.75. The van der Waals surface area contributed by atoms with E-state index >= 15 is 0 Å². The maximum atomic E-state index is 13.0. The minimum absolute atomic E-state index is 0.0410. The summed E-state index contributed by atoms with van der Waals surface area (Å²) in [6.07, 6.45) is 1.42.